The lowest BCUT2D eigenvalue weighted by molar-refractivity contribution is -0.125. The molecule has 0 bridgehead atoms. The molecule has 2 aromatic carbocycles. The zero-order chi connectivity index (χ0) is 22.7. The Morgan fingerprint density at radius 1 is 1.06 bits per heavy atom. The van der Waals surface area contributed by atoms with Crippen LogP contribution in [0.15, 0.2) is 65.1 Å². The molecule has 6 nitrogen and oxygen atoms in total. The van der Waals surface area contributed by atoms with Crippen molar-refractivity contribution in [1.29, 1.82) is 0 Å². The lowest BCUT2D eigenvalue weighted by atomic mass is 10.1. The number of nitrogens with zero attached hydrogens (tertiary/aromatic N) is 2. The van der Waals surface area contributed by atoms with Crippen LogP contribution in [0.5, 0.6) is 5.75 Å². The molecular formula is C23H22ClFN2O4S. The van der Waals surface area contributed by atoms with Gasteiger partial charge in [-0.3, -0.25) is 4.79 Å². The number of carbonyl (C=O) groups excluding carboxylic acids is 1. The van der Waals surface area contributed by atoms with Crippen LogP contribution >= 0.6 is 11.6 Å². The maximum absolute atomic E-state index is 13.1. The van der Waals surface area contributed by atoms with Gasteiger partial charge in [0.1, 0.15) is 18.2 Å². The Balaban J connectivity index is 1.40. The van der Waals surface area contributed by atoms with Gasteiger partial charge >= 0.3 is 0 Å². The molecule has 4 rings (SSSR count). The molecule has 168 valence electrons. The van der Waals surface area contributed by atoms with Crippen LogP contribution in [-0.2, 0) is 14.8 Å². The first-order valence-corrected chi connectivity index (χ1v) is 12.0. The highest BCUT2D eigenvalue weighted by Crippen LogP contribution is 2.29. The summed E-state index contributed by atoms with van der Waals surface area (Å²) >= 11 is 6.03. The van der Waals surface area contributed by atoms with E-state index >= 15 is 0 Å². The van der Waals surface area contributed by atoms with Crippen molar-refractivity contribution in [2.24, 2.45) is 0 Å². The first kappa shape index (κ1) is 22.5. The number of sulfonamides is 1. The van der Waals surface area contributed by atoms with Gasteiger partial charge in [-0.15, -0.1) is 0 Å². The smallest absolute Gasteiger partial charge is 0.246 e. The Bertz CT molecular complexity index is 1180. The lowest BCUT2D eigenvalue weighted by Gasteiger charge is -2.21. The number of benzene rings is 2. The SMILES string of the molecule is O=C(C=CC1=Cc2cc(Cl)ccc2OC1)N1CCCN(S(=O)(=O)c2ccc(F)cc2)CC1. The summed E-state index contributed by atoms with van der Waals surface area (Å²) in [4.78, 5) is 14.4. The molecule has 0 saturated carbocycles. The number of ether oxygens (including phenoxy) is 1. The van der Waals surface area contributed by atoms with E-state index in [-0.39, 0.29) is 23.9 Å². The molecule has 0 spiro atoms. The molecule has 1 amide bonds. The fourth-order valence-corrected chi connectivity index (χ4v) is 5.31. The van der Waals surface area contributed by atoms with Crippen LogP contribution in [0.2, 0.25) is 5.02 Å². The van der Waals surface area contributed by atoms with E-state index in [1.165, 1.54) is 22.5 Å². The van der Waals surface area contributed by atoms with Crippen LogP contribution in [-0.4, -0.2) is 56.3 Å². The van der Waals surface area contributed by atoms with Crippen molar-refractivity contribution >= 4 is 33.6 Å². The third-order valence-corrected chi connectivity index (χ3v) is 7.51. The monoisotopic (exact) mass is 476 g/mol. The molecule has 2 aromatic rings. The third kappa shape index (κ3) is 5.03. The van der Waals surface area contributed by atoms with Crippen molar-refractivity contribution in [3.63, 3.8) is 0 Å². The molecule has 0 aromatic heterocycles. The summed E-state index contributed by atoms with van der Waals surface area (Å²) in [5.41, 5.74) is 1.69. The molecule has 2 heterocycles. The van der Waals surface area contributed by atoms with Gasteiger partial charge in [0.2, 0.25) is 15.9 Å². The molecule has 0 radical (unpaired) electrons. The first-order valence-electron chi connectivity index (χ1n) is 10.2. The average molecular weight is 477 g/mol. The normalized spacial score (nSPS) is 17.4. The molecule has 0 unspecified atom stereocenters. The summed E-state index contributed by atoms with van der Waals surface area (Å²) in [6.45, 7) is 1.55. The number of carbonyl (C=O) groups is 1. The Morgan fingerprint density at radius 3 is 2.62 bits per heavy atom. The predicted octanol–water partition coefficient (Wildman–Crippen LogP) is 3.73. The highest BCUT2D eigenvalue weighted by molar-refractivity contribution is 7.89. The van der Waals surface area contributed by atoms with Crippen LogP contribution in [0, 0.1) is 5.82 Å². The van der Waals surface area contributed by atoms with E-state index in [0.717, 1.165) is 29.0 Å². The fourth-order valence-electron chi connectivity index (χ4n) is 3.66. The lowest BCUT2D eigenvalue weighted by Crippen LogP contribution is -2.36. The van der Waals surface area contributed by atoms with Crippen molar-refractivity contribution in [2.45, 2.75) is 11.3 Å². The minimum atomic E-state index is -3.74. The van der Waals surface area contributed by atoms with Crippen molar-refractivity contribution in [1.82, 2.24) is 9.21 Å². The van der Waals surface area contributed by atoms with Gasteiger partial charge in [-0.05, 0) is 60.5 Å². The standard InChI is InChI=1S/C23H22ClFN2O4S/c24-19-3-8-22-18(15-19)14-17(16-31-22)2-9-23(28)26-10-1-11-27(13-12-26)32(29,30)21-6-4-20(25)5-7-21/h2-9,14-15H,1,10-13,16H2. The Morgan fingerprint density at radius 2 is 1.84 bits per heavy atom. The zero-order valence-electron chi connectivity index (χ0n) is 17.2. The molecule has 32 heavy (non-hydrogen) atoms. The van der Waals surface area contributed by atoms with Gasteiger partial charge in [0.05, 0.1) is 4.90 Å². The number of hydrogen-bond acceptors (Lipinski definition) is 4. The minimum Gasteiger partial charge on any atom is -0.488 e. The number of rotatable bonds is 4. The van der Waals surface area contributed by atoms with E-state index < -0.39 is 15.8 Å². The van der Waals surface area contributed by atoms with Gasteiger partial charge in [-0.2, -0.15) is 4.31 Å². The second kappa shape index (κ2) is 9.44. The van der Waals surface area contributed by atoms with Crippen LogP contribution in [0.1, 0.15) is 12.0 Å². The molecular weight excluding hydrogens is 455 g/mol. The van der Waals surface area contributed by atoms with E-state index in [9.17, 15) is 17.6 Å². The summed E-state index contributed by atoms with van der Waals surface area (Å²) in [5, 5.41) is 0.606. The van der Waals surface area contributed by atoms with Gasteiger partial charge in [0, 0.05) is 42.8 Å². The van der Waals surface area contributed by atoms with Gasteiger partial charge in [-0.1, -0.05) is 17.7 Å². The third-order valence-electron chi connectivity index (χ3n) is 5.37. The van der Waals surface area contributed by atoms with Crippen molar-refractivity contribution in [3.8, 4) is 5.75 Å². The summed E-state index contributed by atoms with van der Waals surface area (Å²) in [7, 11) is -3.74. The topological polar surface area (TPSA) is 66.9 Å². The molecule has 0 N–H and O–H groups in total. The zero-order valence-corrected chi connectivity index (χ0v) is 18.8. The second-order valence-electron chi connectivity index (χ2n) is 7.56. The quantitative estimate of drug-likeness (QED) is 0.630. The highest BCUT2D eigenvalue weighted by Gasteiger charge is 2.27. The largest absolute Gasteiger partial charge is 0.488 e. The van der Waals surface area contributed by atoms with Crippen molar-refractivity contribution < 1.29 is 22.3 Å². The van der Waals surface area contributed by atoms with Crippen LogP contribution in [0.3, 0.4) is 0 Å². The molecule has 0 atom stereocenters. The van der Waals surface area contributed by atoms with Crippen LogP contribution in [0.25, 0.3) is 6.08 Å². The Labute approximate surface area is 191 Å². The van der Waals surface area contributed by atoms with Crippen molar-refractivity contribution in [2.75, 3.05) is 32.8 Å². The summed E-state index contributed by atoms with van der Waals surface area (Å²) in [6.07, 6.45) is 5.63. The maximum atomic E-state index is 13.1. The number of fused-ring (bicyclic) bond motifs is 1. The van der Waals surface area contributed by atoms with E-state index in [1.54, 1.807) is 23.1 Å². The van der Waals surface area contributed by atoms with Gasteiger partial charge in [0.25, 0.3) is 0 Å². The molecule has 1 saturated heterocycles. The summed E-state index contributed by atoms with van der Waals surface area (Å²) in [6, 6.07) is 10.1. The first-order chi connectivity index (χ1) is 15.3. The molecule has 2 aliphatic rings. The maximum Gasteiger partial charge on any atom is 0.246 e. The van der Waals surface area contributed by atoms with Gasteiger partial charge in [-0.25, -0.2) is 12.8 Å². The Hall–Kier alpha value is -2.68. The minimum absolute atomic E-state index is 0.0446. The highest BCUT2D eigenvalue weighted by atomic mass is 35.5. The van der Waals surface area contributed by atoms with E-state index in [4.69, 9.17) is 16.3 Å². The van der Waals surface area contributed by atoms with E-state index in [2.05, 4.69) is 0 Å². The number of halogens is 2. The van der Waals surface area contributed by atoms with E-state index in [1.807, 2.05) is 12.1 Å². The average Bonchev–Trinajstić information content (AvgIpc) is 3.04. The summed E-state index contributed by atoms with van der Waals surface area (Å²) in [5.74, 6) is 0.0603. The molecule has 9 heteroatoms. The molecule has 2 aliphatic heterocycles. The van der Waals surface area contributed by atoms with Crippen molar-refractivity contribution in [3.05, 3.63) is 76.6 Å². The molecule has 0 aliphatic carbocycles. The van der Waals surface area contributed by atoms with Gasteiger partial charge in [0.15, 0.2) is 0 Å². The predicted molar refractivity (Wildman–Crippen MR) is 120 cm³/mol. The molecule has 1 fully saturated rings. The fraction of sp³-hybridized carbons (Fsp3) is 0.261. The summed E-state index contributed by atoms with van der Waals surface area (Å²) < 4.78 is 45.9. The van der Waals surface area contributed by atoms with Gasteiger partial charge < -0.3 is 9.64 Å². The number of hydrogen-bond donors (Lipinski definition) is 0. The number of amides is 1. The Kier molecular flexibility index (Phi) is 6.64. The van der Waals surface area contributed by atoms with Crippen LogP contribution < -0.4 is 4.74 Å². The van der Waals surface area contributed by atoms with E-state index in [0.29, 0.717) is 31.1 Å². The second-order valence-corrected chi connectivity index (χ2v) is 9.93. The van der Waals surface area contributed by atoms with Crippen LogP contribution in [0.4, 0.5) is 4.39 Å².